The Labute approximate surface area is 130 Å². The number of nitrogens with one attached hydrogen (secondary N) is 1. The van der Waals surface area contributed by atoms with Crippen LogP contribution in [0.4, 0.5) is 0 Å². The van der Waals surface area contributed by atoms with Gasteiger partial charge in [0.25, 0.3) is 0 Å². The summed E-state index contributed by atoms with van der Waals surface area (Å²) in [6.45, 7) is 0.545. The Kier molecular flexibility index (Phi) is 6.13. The number of aliphatic hydroxyl groups is 1. The first kappa shape index (κ1) is 16.2. The van der Waals surface area contributed by atoms with Crippen molar-refractivity contribution in [2.75, 3.05) is 6.54 Å². The lowest BCUT2D eigenvalue weighted by atomic mass is 10.0. The molecule has 0 amide bonds. The van der Waals surface area contributed by atoms with E-state index in [2.05, 4.69) is 5.32 Å². The molecule has 2 aromatic carbocycles. The zero-order chi connectivity index (χ0) is 15.8. The van der Waals surface area contributed by atoms with Crippen molar-refractivity contribution in [3.8, 4) is 0 Å². The second-order valence-corrected chi connectivity index (χ2v) is 5.23. The highest BCUT2D eigenvalue weighted by molar-refractivity contribution is 5.67. The molecule has 0 radical (unpaired) electrons. The zero-order valence-corrected chi connectivity index (χ0v) is 12.4. The fraction of sp³-hybridized carbons (Fsp3) is 0.278. The Morgan fingerprint density at radius 3 is 2.05 bits per heavy atom. The molecule has 2 unspecified atom stereocenters. The lowest BCUT2D eigenvalue weighted by Crippen LogP contribution is -2.26. The van der Waals surface area contributed by atoms with Gasteiger partial charge in [-0.1, -0.05) is 60.7 Å². The van der Waals surface area contributed by atoms with Gasteiger partial charge in [0.1, 0.15) is 0 Å². The summed E-state index contributed by atoms with van der Waals surface area (Å²) in [6, 6.07) is 18.7. The number of aliphatic hydroxyl groups excluding tert-OH is 1. The van der Waals surface area contributed by atoms with Crippen LogP contribution in [0.15, 0.2) is 60.7 Å². The fourth-order valence-corrected chi connectivity index (χ4v) is 2.40. The smallest absolute Gasteiger partial charge is 0.305 e. The van der Waals surface area contributed by atoms with Gasteiger partial charge in [-0.3, -0.25) is 4.79 Å². The molecular formula is C18H21NO3. The van der Waals surface area contributed by atoms with Crippen molar-refractivity contribution in [2.24, 2.45) is 0 Å². The number of carboxylic acids is 1. The lowest BCUT2D eigenvalue weighted by molar-refractivity contribution is -0.137. The molecule has 0 heterocycles. The van der Waals surface area contributed by atoms with Gasteiger partial charge in [0, 0.05) is 6.04 Å². The third-order valence-corrected chi connectivity index (χ3v) is 3.57. The molecule has 116 valence electrons. The quantitative estimate of drug-likeness (QED) is 0.701. The predicted octanol–water partition coefficient (Wildman–Crippen LogP) is 2.92. The fourth-order valence-electron chi connectivity index (χ4n) is 2.40. The highest BCUT2D eigenvalue weighted by atomic mass is 16.4. The first-order valence-corrected chi connectivity index (χ1v) is 7.40. The van der Waals surface area contributed by atoms with Crippen LogP contribution in [0.2, 0.25) is 0 Å². The number of carbonyl (C=O) groups is 1. The van der Waals surface area contributed by atoms with Crippen LogP contribution in [-0.2, 0) is 4.79 Å². The summed E-state index contributed by atoms with van der Waals surface area (Å²) in [5.41, 5.74) is 1.82. The molecular weight excluding hydrogens is 278 g/mol. The molecule has 2 aromatic rings. The topological polar surface area (TPSA) is 69.6 Å². The molecule has 4 nitrogen and oxygen atoms in total. The Morgan fingerprint density at radius 1 is 0.955 bits per heavy atom. The van der Waals surface area contributed by atoms with E-state index in [0.29, 0.717) is 13.0 Å². The molecule has 0 aromatic heterocycles. The van der Waals surface area contributed by atoms with Crippen molar-refractivity contribution in [3.63, 3.8) is 0 Å². The molecule has 2 atom stereocenters. The molecule has 0 saturated heterocycles. The van der Waals surface area contributed by atoms with Crippen LogP contribution in [0.25, 0.3) is 0 Å². The third-order valence-electron chi connectivity index (χ3n) is 3.57. The van der Waals surface area contributed by atoms with E-state index in [4.69, 9.17) is 5.11 Å². The van der Waals surface area contributed by atoms with Gasteiger partial charge in [0.05, 0.1) is 12.5 Å². The molecule has 2 rings (SSSR count). The van der Waals surface area contributed by atoms with Gasteiger partial charge >= 0.3 is 5.97 Å². The summed E-state index contributed by atoms with van der Waals surface area (Å²) >= 11 is 0. The van der Waals surface area contributed by atoms with Crippen molar-refractivity contribution in [1.82, 2.24) is 5.32 Å². The minimum atomic E-state index is -0.843. The van der Waals surface area contributed by atoms with Gasteiger partial charge in [0.15, 0.2) is 0 Å². The molecule has 0 fully saturated rings. The van der Waals surface area contributed by atoms with E-state index >= 15 is 0 Å². The summed E-state index contributed by atoms with van der Waals surface area (Å²) in [7, 11) is 0. The molecule has 0 bridgehead atoms. The molecule has 4 heteroatoms. The Balaban J connectivity index is 1.90. The van der Waals surface area contributed by atoms with E-state index in [1.54, 1.807) is 0 Å². The van der Waals surface area contributed by atoms with Gasteiger partial charge < -0.3 is 15.5 Å². The van der Waals surface area contributed by atoms with Crippen LogP contribution in [0.5, 0.6) is 0 Å². The van der Waals surface area contributed by atoms with Crippen molar-refractivity contribution < 1.29 is 15.0 Å². The van der Waals surface area contributed by atoms with Crippen molar-refractivity contribution in [1.29, 1.82) is 0 Å². The number of hydrogen-bond acceptors (Lipinski definition) is 3. The first-order chi connectivity index (χ1) is 10.7. The van der Waals surface area contributed by atoms with Crippen LogP contribution in [-0.4, -0.2) is 22.7 Å². The highest BCUT2D eigenvalue weighted by Gasteiger charge is 2.15. The van der Waals surface area contributed by atoms with E-state index in [-0.39, 0.29) is 12.5 Å². The normalized spacial score (nSPS) is 13.5. The van der Waals surface area contributed by atoms with E-state index in [1.807, 2.05) is 60.7 Å². The van der Waals surface area contributed by atoms with Gasteiger partial charge in [-0.05, 0) is 24.1 Å². The highest BCUT2D eigenvalue weighted by Crippen LogP contribution is 2.19. The van der Waals surface area contributed by atoms with Crippen molar-refractivity contribution >= 4 is 5.97 Å². The second-order valence-electron chi connectivity index (χ2n) is 5.23. The second kappa shape index (κ2) is 8.32. The van der Waals surface area contributed by atoms with Crippen LogP contribution in [0, 0.1) is 0 Å². The largest absolute Gasteiger partial charge is 0.481 e. The number of aliphatic carboxylic acids is 1. The lowest BCUT2D eigenvalue weighted by Gasteiger charge is -2.19. The average Bonchev–Trinajstić information content (AvgIpc) is 2.55. The van der Waals surface area contributed by atoms with E-state index in [0.717, 1.165) is 11.1 Å². The van der Waals surface area contributed by atoms with E-state index in [1.165, 1.54) is 0 Å². The zero-order valence-electron chi connectivity index (χ0n) is 12.4. The monoisotopic (exact) mass is 299 g/mol. The maximum Gasteiger partial charge on any atom is 0.305 e. The summed E-state index contributed by atoms with van der Waals surface area (Å²) < 4.78 is 0. The van der Waals surface area contributed by atoms with E-state index in [9.17, 15) is 9.90 Å². The number of carboxylic acid groups (broad SMARTS) is 1. The molecule has 3 N–H and O–H groups in total. The minimum absolute atomic E-state index is 0.0193. The summed E-state index contributed by atoms with van der Waals surface area (Å²) in [5, 5.41) is 22.4. The number of rotatable bonds is 8. The van der Waals surface area contributed by atoms with Gasteiger partial charge in [-0.2, -0.15) is 0 Å². The van der Waals surface area contributed by atoms with Crippen LogP contribution in [0.1, 0.15) is 36.1 Å². The van der Waals surface area contributed by atoms with E-state index < -0.39 is 12.1 Å². The summed E-state index contributed by atoms with van der Waals surface area (Å²) in [6.07, 6.45) is 0.00764. The maximum absolute atomic E-state index is 11.0. The minimum Gasteiger partial charge on any atom is -0.481 e. The SMILES string of the molecule is O=C(O)CC(NCCC(O)c1ccccc1)c1ccccc1. The number of benzene rings is 2. The average molecular weight is 299 g/mol. The van der Waals surface area contributed by atoms with Crippen molar-refractivity contribution in [3.05, 3.63) is 71.8 Å². The molecule has 0 aliphatic carbocycles. The van der Waals surface area contributed by atoms with Crippen LogP contribution >= 0.6 is 0 Å². The molecule has 0 saturated carbocycles. The van der Waals surface area contributed by atoms with Crippen LogP contribution in [0.3, 0.4) is 0 Å². The molecule has 22 heavy (non-hydrogen) atoms. The molecule has 0 aliphatic rings. The van der Waals surface area contributed by atoms with Gasteiger partial charge in [-0.25, -0.2) is 0 Å². The predicted molar refractivity (Wildman–Crippen MR) is 85.5 cm³/mol. The Bertz CT molecular complexity index is 571. The molecule has 0 spiro atoms. The van der Waals surface area contributed by atoms with Gasteiger partial charge in [-0.15, -0.1) is 0 Å². The van der Waals surface area contributed by atoms with Crippen molar-refractivity contribution in [2.45, 2.75) is 25.0 Å². The van der Waals surface area contributed by atoms with Crippen LogP contribution < -0.4 is 5.32 Å². The summed E-state index contributed by atoms with van der Waals surface area (Å²) in [5.74, 6) is -0.843. The number of hydrogen-bond donors (Lipinski definition) is 3. The first-order valence-electron chi connectivity index (χ1n) is 7.40. The maximum atomic E-state index is 11.0. The Morgan fingerprint density at radius 2 is 1.50 bits per heavy atom. The third kappa shape index (κ3) is 4.98. The summed E-state index contributed by atoms with van der Waals surface area (Å²) in [4.78, 5) is 11.0. The Hall–Kier alpha value is -2.17. The molecule has 0 aliphatic heterocycles. The standard InChI is InChI=1S/C18H21NO3/c20-17(15-9-5-2-6-10-15)11-12-19-16(13-18(21)22)14-7-3-1-4-8-14/h1-10,16-17,19-20H,11-13H2,(H,21,22). The van der Waals surface area contributed by atoms with Gasteiger partial charge in [0.2, 0.25) is 0 Å².